The third kappa shape index (κ3) is 4.85. The number of carbonyl (C=O) groups excluding carboxylic acids is 2. The van der Waals surface area contributed by atoms with Crippen LogP contribution in [0.25, 0.3) is 0 Å². The Bertz CT molecular complexity index is 728. The van der Waals surface area contributed by atoms with E-state index >= 15 is 0 Å². The molecule has 0 aliphatic heterocycles. The van der Waals surface area contributed by atoms with Crippen molar-refractivity contribution < 1.29 is 9.59 Å². The van der Waals surface area contributed by atoms with Crippen molar-refractivity contribution in [3.63, 3.8) is 0 Å². The molecule has 0 fully saturated rings. The minimum absolute atomic E-state index is 0.167. The molecule has 0 aromatic carbocycles. The van der Waals surface area contributed by atoms with E-state index < -0.39 is 11.6 Å². The van der Waals surface area contributed by atoms with Crippen LogP contribution >= 0.6 is 11.5 Å². The molecule has 0 radical (unpaired) electrons. The number of pyridine rings is 1. The van der Waals surface area contributed by atoms with Gasteiger partial charge in [-0.25, -0.2) is 0 Å². The largest absolute Gasteiger partial charge is 0.349 e. The fourth-order valence-corrected chi connectivity index (χ4v) is 3.00. The molecule has 0 spiro atoms. The molecule has 26 heavy (non-hydrogen) atoms. The molecule has 0 bridgehead atoms. The number of hydrogen-bond donors (Lipinski definition) is 1. The van der Waals surface area contributed by atoms with E-state index in [2.05, 4.69) is 19.9 Å². The Hall–Kier alpha value is -2.35. The maximum absolute atomic E-state index is 13.1. The monoisotopic (exact) mass is 375 g/mol. The minimum Gasteiger partial charge on any atom is -0.349 e. The minimum atomic E-state index is -0.799. The standard InChI is InChI=1S/C18H25N5O2S/c1-6-12(2)23(17(25)14-11-26-22-21-14)15(13-8-7-9-19-10-13)16(24)20-18(3,4)5/h7-12,15H,6H2,1-5H3,(H,20,24)/t12-,15-/m0/s1. The fourth-order valence-electron chi connectivity index (χ4n) is 2.57. The lowest BCUT2D eigenvalue weighted by molar-refractivity contribution is -0.128. The molecule has 7 nitrogen and oxygen atoms in total. The van der Waals surface area contributed by atoms with Gasteiger partial charge in [-0.2, -0.15) is 0 Å². The number of hydrogen-bond acceptors (Lipinski definition) is 6. The second-order valence-electron chi connectivity index (χ2n) is 7.19. The third-order valence-corrected chi connectivity index (χ3v) is 4.41. The van der Waals surface area contributed by atoms with Crippen molar-refractivity contribution in [1.82, 2.24) is 24.8 Å². The molecule has 0 aliphatic rings. The van der Waals surface area contributed by atoms with E-state index in [0.717, 1.165) is 11.5 Å². The lowest BCUT2D eigenvalue weighted by atomic mass is 10.0. The molecule has 2 aromatic rings. The van der Waals surface area contributed by atoms with Gasteiger partial charge < -0.3 is 10.2 Å². The van der Waals surface area contributed by atoms with Crippen molar-refractivity contribution in [1.29, 1.82) is 0 Å². The quantitative estimate of drug-likeness (QED) is 0.839. The summed E-state index contributed by atoms with van der Waals surface area (Å²) < 4.78 is 3.78. The number of nitrogens with one attached hydrogen (secondary N) is 1. The summed E-state index contributed by atoms with van der Waals surface area (Å²) >= 11 is 1.11. The number of amides is 2. The smallest absolute Gasteiger partial charge is 0.276 e. The van der Waals surface area contributed by atoms with Gasteiger partial charge in [-0.1, -0.05) is 17.5 Å². The van der Waals surface area contributed by atoms with Gasteiger partial charge in [-0.15, -0.1) is 5.10 Å². The molecule has 0 saturated heterocycles. The van der Waals surface area contributed by atoms with Crippen LogP contribution in [-0.4, -0.2) is 42.9 Å². The molecule has 2 aromatic heterocycles. The summed E-state index contributed by atoms with van der Waals surface area (Å²) in [6.07, 6.45) is 3.96. The van der Waals surface area contributed by atoms with E-state index in [9.17, 15) is 9.59 Å². The lowest BCUT2D eigenvalue weighted by Crippen LogP contribution is -2.51. The zero-order valence-corrected chi connectivity index (χ0v) is 16.6. The Morgan fingerprint density at radius 2 is 2.08 bits per heavy atom. The van der Waals surface area contributed by atoms with E-state index in [1.165, 1.54) is 0 Å². The molecule has 2 heterocycles. The van der Waals surface area contributed by atoms with Gasteiger partial charge in [0.1, 0.15) is 6.04 Å². The van der Waals surface area contributed by atoms with Crippen molar-refractivity contribution in [2.75, 3.05) is 0 Å². The number of aromatic nitrogens is 3. The van der Waals surface area contributed by atoms with Crippen molar-refractivity contribution in [2.45, 2.75) is 58.7 Å². The third-order valence-electron chi connectivity index (χ3n) is 3.90. The van der Waals surface area contributed by atoms with Gasteiger partial charge >= 0.3 is 0 Å². The summed E-state index contributed by atoms with van der Waals surface area (Å²) in [6.45, 7) is 9.62. The maximum Gasteiger partial charge on any atom is 0.276 e. The van der Waals surface area contributed by atoms with Gasteiger partial charge in [0.05, 0.1) is 0 Å². The van der Waals surface area contributed by atoms with E-state index in [1.54, 1.807) is 28.7 Å². The van der Waals surface area contributed by atoms with Gasteiger partial charge in [0, 0.05) is 34.9 Å². The number of rotatable bonds is 6. The molecule has 8 heteroatoms. The first-order chi connectivity index (χ1) is 12.2. The van der Waals surface area contributed by atoms with Gasteiger partial charge in [-0.05, 0) is 51.7 Å². The molecule has 0 unspecified atom stereocenters. The van der Waals surface area contributed by atoms with Crippen molar-refractivity contribution in [2.24, 2.45) is 0 Å². The molecular formula is C18H25N5O2S. The number of nitrogens with zero attached hydrogens (tertiary/aromatic N) is 4. The molecule has 0 aliphatic carbocycles. The second-order valence-corrected chi connectivity index (χ2v) is 7.80. The van der Waals surface area contributed by atoms with Crippen molar-refractivity contribution in [3.05, 3.63) is 41.2 Å². The van der Waals surface area contributed by atoms with Crippen molar-refractivity contribution >= 4 is 23.3 Å². The zero-order valence-electron chi connectivity index (χ0n) is 15.8. The van der Waals surface area contributed by atoms with E-state index in [-0.39, 0.29) is 23.6 Å². The van der Waals surface area contributed by atoms with Crippen LogP contribution < -0.4 is 5.32 Å². The summed E-state index contributed by atoms with van der Waals surface area (Å²) in [4.78, 5) is 32.0. The topological polar surface area (TPSA) is 88.1 Å². The number of carbonyl (C=O) groups is 2. The summed E-state index contributed by atoms with van der Waals surface area (Å²) in [6, 6.07) is 2.60. The molecule has 2 atom stereocenters. The SMILES string of the molecule is CC[C@H](C)N(C(=O)c1csnn1)[C@H](C(=O)NC(C)(C)C)c1cccnc1. The first kappa shape index (κ1) is 20.0. The van der Waals surface area contributed by atoms with E-state index in [4.69, 9.17) is 0 Å². The molecule has 1 N–H and O–H groups in total. The Labute approximate surface area is 158 Å². The van der Waals surface area contributed by atoms with Gasteiger partial charge in [0.2, 0.25) is 5.91 Å². The highest BCUT2D eigenvalue weighted by molar-refractivity contribution is 7.03. The Kier molecular flexibility index (Phi) is 6.42. The summed E-state index contributed by atoms with van der Waals surface area (Å²) in [7, 11) is 0. The normalized spacial score (nSPS) is 13.7. The van der Waals surface area contributed by atoms with Crippen LogP contribution in [0.2, 0.25) is 0 Å². The van der Waals surface area contributed by atoms with Crippen LogP contribution in [0.1, 0.15) is 63.1 Å². The highest BCUT2D eigenvalue weighted by atomic mass is 32.1. The van der Waals surface area contributed by atoms with Gasteiger partial charge in [0.25, 0.3) is 5.91 Å². The van der Waals surface area contributed by atoms with Gasteiger partial charge in [-0.3, -0.25) is 14.6 Å². The summed E-state index contributed by atoms with van der Waals surface area (Å²) in [5.41, 5.74) is 0.475. The molecule has 0 saturated carbocycles. The molecule has 140 valence electrons. The van der Waals surface area contributed by atoms with E-state index in [1.807, 2.05) is 40.7 Å². The highest BCUT2D eigenvalue weighted by Gasteiger charge is 2.36. The predicted molar refractivity (Wildman–Crippen MR) is 101 cm³/mol. The average molecular weight is 375 g/mol. The fraction of sp³-hybridized carbons (Fsp3) is 0.500. The maximum atomic E-state index is 13.1. The zero-order chi connectivity index (χ0) is 19.3. The van der Waals surface area contributed by atoms with Crippen LogP contribution in [-0.2, 0) is 4.79 Å². The molecule has 2 rings (SSSR count). The molecular weight excluding hydrogens is 350 g/mol. The Morgan fingerprint density at radius 1 is 1.35 bits per heavy atom. The lowest BCUT2D eigenvalue weighted by Gasteiger charge is -2.36. The van der Waals surface area contributed by atoms with Crippen molar-refractivity contribution in [3.8, 4) is 0 Å². The average Bonchev–Trinajstić information content (AvgIpc) is 3.12. The van der Waals surface area contributed by atoms with Crippen LogP contribution in [0, 0.1) is 0 Å². The summed E-state index contributed by atoms with van der Waals surface area (Å²) in [5, 5.41) is 8.47. The second kappa shape index (κ2) is 8.35. The predicted octanol–water partition coefficient (Wildman–Crippen LogP) is 2.83. The molecule has 2 amide bonds. The van der Waals surface area contributed by atoms with Crippen LogP contribution in [0.5, 0.6) is 0 Å². The summed E-state index contributed by atoms with van der Waals surface area (Å²) in [5.74, 6) is -0.562. The highest BCUT2D eigenvalue weighted by Crippen LogP contribution is 2.27. The first-order valence-corrected chi connectivity index (χ1v) is 9.40. The Morgan fingerprint density at radius 3 is 2.58 bits per heavy atom. The van der Waals surface area contributed by atoms with Crippen LogP contribution in [0.3, 0.4) is 0 Å². The Balaban J connectivity index is 2.51. The van der Waals surface area contributed by atoms with Crippen LogP contribution in [0.4, 0.5) is 0 Å². The first-order valence-electron chi connectivity index (χ1n) is 8.56. The van der Waals surface area contributed by atoms with Gasteiger partial charge in [0.15, 0.2) is 5.69 Å². The van der Waals surface area contributed by atoms with E-state index in [0.29, 0.717) is 12.0 Å². The van der Waals surface area contributed by atoms with Crippen LogP contribution in [0.15, 0.2) is 29.9 Å².